The summed E-state index contributed by atoms with van der Waals surface area (Å²) in [4.78, 5) is 52.0. The number of aliphatic carboxylic acids is 1. The minimum Gasteiger partial charge on any atom is -0.480 e. The van der Waals surface area contributed by atoms with E-state index in [4.69, 9.17) is 22.3 Å². The first-order valence-corrected chi connectivity index (χ1v) is 10.00. The molecule has 5 unspecified atom stereocenters. The van der Waals surface area contributed by atoms with E-state index < -0.39 is 54.5 Å². The zero-order valence-electron chi connectivity index (χ0n) is 18.1. The van der Waals surface area contributed by atoms with Crippen LogP contribution in [0.4, 0.5) is 0 Å². The number of aliphatic imine (C=N–C) groups is 1. The number of nitrogens with one attached hydrogen (secondary N) is 3. The normalized spacial score (nSPS) is 15.5. The number of hydrogen-bond donors (Lipinski definition) is 8. The molecule has 0 aromatic carbocycles. The predicted octanol–water partition coefficient (Wildman–Crippen LogP) is -3.04. The van der Waals surface area contributed by atoms with E-state index in [1.807, 2.05) is 6.92 Å². The Balaban J connectivity index is 5.26. The van der Waals surface area contributed by atoms with E-state index in [0.29, 0.717) is 12.8 Å². The van der Waals surface area contributed by atoms with Crippen LogP contribution in [0.15, 0.2) is 4.99 Å². The zero-order valence-corrected chi connectivity index (χ0v) is 18.1. The van der Waals surface area contributed by atoms with Gasteiger partial charge in [-0.15, -0.1) is 0 Å². The largest absolute Gasteiger partial charge is 0.480 e. The number of carbonyl (C=O) groups is 4. The van der Waals surface area contributed by atoms with Gasteiger partial charge in [-0.1, -0.05) is 20.3 Å². The topological polar surface area (TPSA) is 235 Å². The highest BCUT2D eigenvalue weighted by atomic mass is 16.4. The molecule has 0 fully saturated rings. The monoisotopic (exact) mass is 445 g/mol. The van der Waals surface area contributed by atoms with Gasteiger partial charge in [0.1, 0.15) is 18.1 Å². The van der Waals surface area contributed by atoms with Crippen molar-refractivity contribution in [3.8, 4) is 0 Å². The number of carboxylic acids is 1. The van der Waals surface area contributed by atoms with Crippen LogP contribution in [0.1, 0.15) is 40.0 Å². The number of aliphatic hydroxyl groups is 1. The van der Waals surface area contributed by atoms with Crippen molar-refractivity contribution >= 4 is 29.7 Å². The number of nitrogens with two attached hydrogens (primary N) is 3. The second kappa shape index (κ2) is 14.1. The van der Waals surface area contributed by atoms with Gasteiger partial charge in [-0.25, -0.2) is 0 Å². The molecule has 0 aliphatic rings. The number of guanidine groups is 1. The van der Waals surface area contributed by atoms with E-state index in [1.54, 1.807) is 6.92 Å². The lowest BCUT2D eigenvalue weighted by Crippen LogP contribution is -2.58. The van der Waals surface area contributed by atoms with Crippen molar-refractivity contribution in [2.75, 3.05) is 13.2 Å². The van der Waals surface area contributed by atoms with Crippen LogP contribution in [0.25, 0.3) is 0 Å². The summed E-state index contributed by atoms with van der Waals surface area (Å²) in [6.07, 6.45) is 1.12. The molecule has 3 amide bonds. The second-order valence-corrected chi connectivity index (χ2v) is 7.23. The van der Waals surface area contributed by atoms with Crippen LogP contribution in [0, 0.1) is 5.92 Å². The number of carboxylic acid groups (broad SMARTS) is 1. The van der Waals surface area contributed by atoms with Gasteiger partial charge >= 0.3 is 5.97 Å². The van der Waals surface area contributed by atoms with Gasteiger partial charge < -0.3 is 43.4 Å². The molecule has 0 bridgehead atoms. The molecule has 0 aromatic rings. The van der Waals surface area contributed by atoms with Crippen LogP contribution in [0.3, 0.4) is 0 Å². The number of nitrogens with zero attached hydrogens (tertiary/aromatic N) is 1. The first kappa shape index (κ1) is 28.1. The Morgan fingerprint density at radius 2 is 1.52 bits per heavy atom. The summed E-state index contributed by atoms with van der Waals surface area (Å²) >= 11 is 0. The summed E-state index contributed by atoms with van der Waals surface area (Å²) in [5.74, 6) is -3.69. The third kappa shape index (κ3) is 10.6. The highest BCUT2D eigenvalue weighted by Crippen LogP contribution is 2.07. The van der Waals surface area contributed by atoms with Crippen molar-refractivity contribution in [1.29, 1.82) is 0 Å². The molecule has 5 atom stereocenters. The van der Waals surface area contributed by atoms with Gasteiger partial charge in [0, 0.05) is 6.54 Å². The van der Waals surface area contributed by atoms with Crippen LogP contribution in [-0.2, 0) is 19.2 Å². The Morgan fingerprint density at radius 1 is 0.968 bits per heavy atom. The molecule has 13 nitrogen and oxygen atoms in total. The zero-order chi connectivity index (χ0) is 24.1. The summed E-state index contributed by atoms with van der Waals surface area (Å²) in [5.41, 5.74) is 16.4. The van der Waals surface area contributed by atoms with Crippen molar-refractivity contribution in [1.82, 2.24) is 16.0 Å². The average Bonchev–Trinajstić information content (AvgIpc) is 2.71. The van der Waals surface area contributed by atoms with Gasteiger partial charge in [0.15, 0.2) is 5.96 Å². The van der Waals surface area contributed by atoms with Crippen LogP contribution in [0.2, 0.25) is 0 Å². The summed E-state index contributed by atoms with van der Waals surface area (Å²) < 4.78 is 0. The maximum atomic E-state index is 12.7. The van der Waals surface area contributed by atoms with E-state index in [0.717, 1.165) is 0 Å². The fraction of sp³-hybridized carbons (Fsp3) is 0.722. The molecular formula is C18H35N7O6. The van der Waals surface area contributed by atoms with Crippen LogP contribution in [-0.4, -0.2) is 77.2 Å². The van der Waals surface area contributed by atoms with Gasteiger partial charge in [0.2, 0.25) is 17.7 Å². The molecule has 0 aromatic heterocycles. The molecule has 0 radical (unpaired) electrons. The fourth-order valence-corrected chi connectivity index (χ4v) is 2.39. The Morgan fingerprint density at radius 3 is 2.00 bits per heavy atom. The first-order chi connectivity index (χ1) is 14.4. The number of aliphatic hydroxyl groups excluding tert-OH is 1. The molecular weight excluding hydrogens is 410 g/mol. The van der Waals surface area contributed by atoms with Gasteiger partial charge in [-0.3, -0.25) is 24.2 Å². The molecule has 0 heterocycles. The van der Waals surface area contributed by atoms with E-state index in [9.17, 15) is 24.3 Å². The number of amides is 3. The predicted molar refractivity (Wildman–Crippen MR) is 114 cm³/mol. The molecule has 0 aliphatic heterocycles. The Bertz CT molecular complexity index is 653. The lowest BCUT2D eigenvalue weighted by molar-refractivity contribution is -0.142. The third-order valence-corrected chi connectivity index (χ3v) is 4.68. The summed E-state index contributed by atoms with van der Waals surface area (Å²) in [7, 11) is 0. The minimum absolute atomic E-state index is 0.117. The lowest BCUT2D eigenvalue weighted by Gasteiger charge is -2.25. The number of rotatable bonds is 14. The van der Waals surface area contributed by atoms with Crippen molar-refractivity contribution in [3.05, 3.63) is 0 Å². The molecule has 13 heteroatoms. The Labute approximate surface area is 181 Å². The van der Waals surface area contributed by atoms with E-state index >= 15 is 0 Å². The van der Waals surface area contributed by atoms with Crippen molar-refractivity contribution < 1.29 is 29.4 Å². The van der Waals surface area contributed by atoms with Crippen molar-refractivity contribution in [2.45, 2.75) is 64.2 Å². The van der Waals surface area contributed by atoms with E-state index in [-0.39, 0.29) is 24.8 Å². The molecule has 0 aliphatic carbocycles. The van der Waals surface area contributed by atoms with Crippen molar-refractivity contribution in [3.63, 3.8) is 0 Å². The van der Waals surface area contributed by atoms with Gasteiger partial charge in [0.25, 0.3) is 0 Å². The summed E-state index contributed by atoms with van der Waals surface area (Å²) in [5, 5.41) is 25.4. The minimum atomic E-state index is -1.41. The summed E-state index contributed by atoms with van der Waals surface area (Å²) in [6.45, 7) is 4.34. The van der Waals surface area contributed by atoms with Gasteiger partial charge in [-0.05, 0) is 25.7 Å². The SMILES string of the molecule is CCC(C)C(N)C(=O)NC(CCCN=C(N)N)C(=O)NC(CO)C(=O)NC(C)C(=O)O. The molecule has 0 saturated carbocycles. The highest BCUT2D eigenvalue weighted by Gasteiger charge is 2.29. The smallest absolute Gasteiger partial charge is 0.325 e. The van der Waals surface area contributed by atoms with Crippen LogP contribution >= 0.6 is 0 Å². The van der Waals surface area contributed by atoms with E-state index in [1.165, 1.54) is 6.92 Å². The van der Waals surface area contributed by atoms with Crippen LogP contribution < -0.4 is 33.2 Å². The average molecular weight is 446 g/mol. The molecule has 31 heavy (non-hydrogen) atoms. The third-order valence-electron chi connectivity index (χ3n) is 4.68. The molecule has 0 saturated heterocycles. The molecule has 0 spiro atoms. The maximum Gasteiger partial charge on any atom is 0.325 e. The Hall–Kier alpha value is -2.93. The maximum absolute atomic E-state index is 12.7. The van der Waals surface area contributed by atoms with E-state index in [2.05, 4.69) is 20.9 Å². The second-order valence-electron chi connectivity index (χ2n) is 7.23. The quantitative estimate of drug-likeness (QED) is 0.0769. The Kier molecular flexibility index (Phi) is 12.8. The standard InChI is InChI=1S/C18H35N7O6/c1-4-9(2)13(19)16(29)24-11(6-5-7-22-18(20)21)14(27)25-12(8-26)15(28)23-10(3)17(30)31/h9-13,26H,4-8,19H2,1-3H3,(H,23,28)(H,24,29)(H,25,27)(H,30,31)(H4,20,21,22). The molecule has 178 valence electrons. The fourth-order valence-electron chi connectivity index (χ4n) is 2.39. The molecule has 0 rings (SSSR count). The van der Waals surface area contributed by atoms with Gasteiger partial charge in [0.05, 0.1) is 12.6 Å². The first-order valence-electron chi connectivity index (χ1n) is 10.00. The van der Waals surface area contributed by atoms with Crippen molar-refractivity contribution in [2.24, 2.45) is 28.1 Å². The van der Waals surface area contributed by atoms with Crippen LogP contribution in [0.5, 0.6) is 0 Å². The lowest BCUT2D eigenvalue weighted by atomic mass is 9.98. The molecule has 11 N–H and O–H groups in total. The highest BCUT2D eigenvalue weighted by molar-refractivity contribution is 5.94. The number of hydrogen-bond acceptors (Lipinski definition) is 7. The summed E-state index contributed by atoms with van der Waals surface area (Å²) in [6, 6.07) is -4.54. The van der Waals surface area contributed by atoms with Gasteiger partial charge in [-0.2, -0.15) is 0 Å². The number of carbonyl (C=O) groups excluding carboxylic acids is 3.